The fraction of sp³-hybridized carbons (Fsp3) is 0.273. The summed E-state index contributed by atoms with van der Waals surface area (Å²) in [6.07, 6.45) is 2.55. The molecule has 10 nitrogen and oxygen atoms in total. The van der Waals surface area contributed by atoms with Gasteiger partial charge in [0.25, 0.3) is 11.6 Å². The Hall–Kier alpha value is -3.57. The molecule has 2 aromatic carbocycles. The predicted octanol–water partition coefficient (Wildman–Crippen LogP) is 1.99. The highest BCUT2D eigenvalue weighted by atomic mass is 32.2. The van der Waals surface area contributed by atoms with E-state index in [1.807, 2.05) is 6.92 Å². The third-order valence-corrected chi connectivity index (χ3v) is 7.02. The van der Waals surface area contributed by atoms with Crippen LogP contribution in [0.2, 0.25) is 0 Å². The largest absolute Gasteiger partial charge is 0.452 e. The molecular formula is C22H23N3O7S. The average molecular weight is 474 g/mol. The van der Waals surface area contributed by atoms with E-state index in [0.717, 1.165) is 11.6 Å². The second-order valence-electron chi connectivity index (χ2n) is 7.39. The lowest BCUT2D eigenvalue weighted by Gasteiger charge is -2.33. The van der Waals surface area contributed by atoms with Crippen molar-refractivity contribution in [2.75, 3.05) is 32.8 Å². The van der Waals surface area contributed by atoms with Gasteiger partial charge in [-0.05, 0) is 42.8 Å². The van der Waals surface area contributed by atoms with E-state index in [-0.39, 0.29) is 36.8 Å². The highest BCUT2D eigenvalue weighted by molar-refractivity contribution is 7.89. The predicted molar refractivity (Wildman–Crippen MR) is 120 cm³/mol. The standard InChI is InChI=1S/C22H23N3O7S/c1-17-2-9-20(10-3-17)33(30,31)24-14-12-23(13-15-24)21(26)16-32-22(27)11-6-18-4-7-19(8-5-18)25(28)29/h2-11H,12-16H2,1H3. The Morgan fingerprint density at radius 3 is 2.21 bits per heavy atom. The van der Waals surface area contributed by atoms with Crippen molar-refractivity contribution in [1.82, 2.24) is 9.21 Å². The molecule has 2 aromatic rings. The van der Waals surface area contributed by atoms with Crippen molar-refractivity contribution in [3.8, 4) is 0 Å². The van der Waals surface area contributed by atoms with Crippen LogP contribution < -0.4 is 0 Å². The van der Waals surface area contributed by atoms with E-state index in [1.165, 1.54) is 39.5 Å². The molecular weight excluding hydrogens is 450 g/mol. The SMILES string of the molecule is Cc1ccc(S(=O)(=O)N2CCN(C(=O)COC(=O)C=Cc3ccc([N+](=O)[O-])cc3)CC2)cc1. The van der Waals surface area contributed by atoms with Crippen LogP contribution in [0.15, 0.2) is 59.5 Å². The molecule has 0 aliphatic carbocycles. The number of carbonyl (C=O) groups excluding carboxylic acids is 2. The number of nitro groups is 1. The summed E-state index contributed by atoms with van der Waals surface area (Å²) >= 11 is 0. The first kappa shape index (κ1) is 24.1. The molecule has 0 unspecified atom stereocenters. The van der Waals surface area contributed by atoms with E-state index in [9.17, 15) is 28.1 Å². The number of hydrogen-bond donors (Lipinski definition) is 0. The number of rotatable bonds is 7. The van der Waals surface area contributed by atoms with E-state index in [0.29, 0.717) is 5.56 Å². The van der Waals surface area contributed by atoms with Gasteiger partial charge in [0.05, 0.1) is 9.82 Å². The van der Waals surface area contributed by atoms with E-state index < -0.39 is 33.4 Å². The highest BCUT2D eigenvalue weighted by Gasteiger charge is 2.30. The molecule has 1 amide bonds. The molecule has 174 valence electrons. The van der Waals surface area contributed by atoms with Crippen LogP contribution in [0.3, 0.4) is 0 Å². The van der Waals surface area contributed by atoms with E-state index in [1.54, 1.807) is 24.3 Å². The Morgan fingerprint density at radius 2 is 1.64 bits per heavy atom. The number of hydrogen-bond acceptors (Lipinski definition) is 7. The lowest BCUT2D eigenvalue weighted by atomic mass is 10.2. The molecule has 33 heavy (non-hydrogen) atoms. The van der Waals surface area contributed by atoms with Crippen molar-refractivity contribution >= 4 is 33.7 Å². The Kier molecular flexibility index (Phi) is 7.56. The number of carbonyl (C=O) groups is 2. The van der Waals surface area contributed by atoms with E-state index in [4.69, 9.17) is 4.74 Å². The van der Waals surface area contributed by atoms with Crippen LogP contribution in [-0.4, -0.2) is 67.2 Å². The quantitative estimate of drug-likeness (QED) is 0.260. The molecule has 0 radical (unpaired) electrons. The van der Waals surface area contributed by atoms with Gasteiger partial charge in [0.15, 0.2) is 6.61 Å². The van der Waals surface area contributed by atoms with Gasteiger partial charge >= 0.3 is 5.97 Å². The van der Waals surface area contributed by atoms with E-state index in [2.05, 4.69) is 0 Å². The van der Waals surface area contributed by atoms with Crippen molar-refractivity contribution in [1.29, 1.82) is 0 Å². The van der Waals surface area contributed by atoms with Crippen LogP contribution in [0.25, 0.3) is 6.08 Å². The lowest BCUT2D eigenvalue weighted by Crippen LogP contribution is -2.51. The minimum absolute atomic E-state index is 0.0629. The smallest absolute Gasteiger partial charge is 0.331 e. The molecule has 0 bridgehead atoms. The number of nitro benzene ring substituents is 1. The zero-order chi connectivity index (χ0) is 24.0. The van der Waals surface area contributed by atoms with Gasteiger partial charge in [0.2, 0.25) is 10.0 Å². The normalized spacial score (nSPS) is 14.9. The summed E-state index contributed by atoms with van der Waals surface area (Å²) in [5.41, 5.74) is 1.46. The van der Waals surface area contributed by atoms with Gasteiger partial charge in [-0.15, -0.1) is 0 Å². The summed E-state index contributed by atoms with van der Waals surface area (Å²) in [7, 11) is -3.63. The van der Waals surface area contributed by atoms with Gasteiger partial charge < -0.3 is 9.64 Å². The third-order valence-electron chi connectivity index (χ3n) is 5.10. The molecule has 1 heterocycles. The second-order valence-corrected chi connectivity index (χ2v) is 9.33. The minimum Gasteiger partial charge on any atom is -0.452 e. The number of amides is 1. The number of nitrogens with zero attached hydrogens (tertiary/aromatic N) is 3. The molecule has 1 aliphatic heterocycles. The third kappa shape index (κ3) is 6.24. The van der Waals surface area contributed by atoms with Crippen molar-refractivity contribution in [2.45, 2.75) is 11.8 Å². The van der Waals surface area contributed by atoms with Gasteiger partial charge in [0, 0.05) is 44.4 Å². The highest BCUT2D eigenvalue weighted by Crippen LogP contribution is 2.18. The first-order valence-corrected chi connectivity index (χ1v) is 11.5. The zero-order valence-electron chi connectivity index (χ0n) is 17.9. The fourth-order valence-electron chi connectivity index (χ4n) is 3.18. The molecule has 0 aromatic heterocycles. The van der Waals surface area contributed by atoms with Crippen LogP contribution in [0, 0.1) is 17.0 Å². The van der Waals surface area contributed by atoms with Crippen molar-refractivity contribution in [3.63, 3.8) is 0 Å². The fourth-order valence-corrected chi connectivity index (χ4v) is 4.60. The molecule has 1 fully saturated rings. The average Bonchev–Trinajstić information content (AvgIpc) is 2.81. The molecule has 0 atom stereocenters. The molecule has 0 N–H and O–H groups in total. The van der Waals surface area contributed by atoms with Gasteiger partial charge in [0.1, 0.15) is 0 Å². The summed E-state index contributed by atoms with van der Waals surface area (Å²) in [5.74, 6) is -1.15. The summed E-state index contributed by atoms with van der Waals surface area (Å²) in [5, 5.41) is 10.6. The van der Waals surface area contributed by atoms with Gasteiger partial charge in [-0.2, -0.15) is 4.31 Å². The first-order chi connectivity index (χ1) is 15.7. The Morgan fingerprint density at radius 1 is 1.03 bits per heavy atom. The van der Waals surface area contributed by atoms with Gasteiger partial charge in [-0.1, -0.05) is 17.7 Å². The van der Waals surface area contributed by atoms with Crippen LogP contribution >= 0.6 is 0 Å². The Bertz CT molecular complexity index is 1150. The van der Waals surface area contributed by atoms with Crippen LogP contribution in [0.1, 0.15) is 11.1 Å². The summed E-state index contributed by atoms with van der Waals surface area (Å²) < 4.78 is 31.8. The summed E-state index contributed by atoms with van der Waals surface area (Å²) in [6.45, 7) is 2.10. The first-order valence-electron chi connectivity index (χ1n) is 10.1. The maximum absolute atomic E-state index is 12.7. The topological polar surface area (TPSA) is 127 Å². The maximum Gasteiger partial charge on any atom is 0.331 e. The second kappa shape index (κ2) is 10.4. The van der Waals surface area contributed by atoms with Crippen LogP contribution in [0.5, 0.6) is 0 Å². The molecule has 3 rings (SSSR count). The summed E-state index contributed by atoms with van der Waals surface area (Å²) in [4.78, 5) is 36.0. The Balaban J connectivity index is 1.46. The number of non-ortho nitro benzene ring substituents is 1. The summed E-state index contributed by atoms with van der Waals surface area (Å²) in [6, 6.07) is 12.2. The number of benzene rings is 2. The van der Waals surface area contributed by atoms with Gasteiger partial charge in [-0.3, -0.25) is 14.9 Å². The van der Waals surface area contributed by atoms with Crippen molar-refractivity contribution < 1.29 is 27.7 Å². The number of sulfonamides is 1. The number of aryl methyl sites for hydroxylation is 1. The van der Waals surface area contributed by atoms with Gasteiger partial charge in [-0.25, -0.2) is 13.2 Å². The minimum atomic E-state index is -3.63. The van der Waals surface area contributed by atoms with Crippen molar-refractivity contribution in [3.05, 3.63) is 75.8 Å². The lowest BCUT2D eigenvalue weighted by molar-refractivity contribution is -0.384. The number of piperazine rings is 1. The zero-order valence-corrected chi connectivity index (χ0v) is 18.7. The van der Waals surface area contributed by atoms with Crippen LogP contribution in [0.4, 0.5) is 5.69 Å². The van der Waals surface area contributed by atoms with Crippen molar-refractivity contribution in [2.24, 2.45) is 0 Å². The number of esters is 1. The van der Waals surface area contributed by atoms with Crippen LogP contribution in [-0.2, 0) is 24.3 Å². The Labute approximate surface area is 191 Å². The monoisotopic (exact) mass is 473 g/mol. The molecule has 11 heteroatoms. The molecule has 1 aliphatic rings. The molecule has 0 spiro atoms. The van der Waals surface area contributed by atoms with E-state index >= 15 is 0 Å². The molecule has 1 saturated heterocycles. The maximum atomic E-state index is 12.7. The molecule has 0 saturated carbocycles. The number of ether oxygens (including phenoxy) is 1.